The molecule has 0 amide bonds. The van der Waals surface area contributed by atoms with Gasteiger partial charge in [0.2, 0.25) is 5.13 Å². The van der Waals surface area contributed by atoms with E-state index in [9.17, 15) is 4.79 Å². The van der Waals surface area contributed by atoms with Gasteiger partial charge in [-0.25, -0.2) is 4.98 Å². The fourth-order valence-electron chi connectivity index (χ4n) is 2.19. The second-order valence-corrected chi connectivity index (χ2v) is 8.41. The zero-order valence-corrected chi connectivity index (χ0v) is 15.8. The topological polar surface area (TPSA) is 115 Å². The van der Waals surface area contributed by atoms with E-state index in [-0.39, 0.29) is 5.56 Å². The van der Waals surface area contributed by atoms with E-state index in [1.807, 2.05) is 18.2 Å². The van der Waals surface area contributed by atoms with Gasteiger partial charge in [-0.1, -0.05) is 65.2 Å². The van der Waals surface area contributed by atoms with Crippen molar-refractivity contribution in [3.05, 3.63) is 58.0 Å². The molecule has 0 radical (unpaired) electrons. The number of anilines is 1. The lowest BCUT2D eigenvalue weighted by atomic mass is 10.2. The summed E-state index contributed by atoms with van der Waals surface area (Å²) in [6, 6.07) is 11.6. The van der Waals surface area contributed by atoms with E-state index >= 15 is 0 Å². The minimum Gasteiger partial charge on any atom is -0.374 e. The van der Waals surface area contributed by atoms with Crippen molar-refractivity contribution < 1.29 is 0 Å². The standard InChI is InChI=1S/C15H13N7OS3/c16-12-19-20-15(26-12)25-8-10-6-11(23)22-13(17-10)18-14(21-22)24-7-9-4-2-1-3-5-9/h1-6H,7-8H2,(H2,16,19)(H,17,18,21). The smallest absolute Gasteiger partial charge is 0.274 e. The van der Waals surface area contributed by atoms with Crippen LogP contribution in [0.2, 0.25) is 0 Å². The summed E-state index contributed by atoms with van der Waals surface area (Å²) < 4.78 is 2.09. The maximum atomic E-state index is 12.3. The fourth-order valence-corrected chi connectivity index (χ4v) is 4.51. The SMILES string of the molecule is Nc1nnc(SCc2cc(=O)n3[nH]c(SCc4ccccc4)nc3n2)s1. The van der Waals surface area contributed by atoms with Gasteiger partial charge in [-0.3, -0.25) is 9.89 Å². The molecule has 132 valence electrons. The second-order valence-electron chi connectivity index (χ2n) is 5.22. The van der Waals surface area contributed by atoms with Crippen LogP contribution in [0, 0.1) is 0 Å². The number of nitrogens with two attached hydrogens (primary N) is 1. The molecule has 0 fully saturated rings. The van der Waals surface area contributed by atoms with E-state index in [0.717, 1.165) is 10.1 Å². The van der Waals surface area contributed by atoms with Gasteiger partial charge in [0.05, 0.1) is 5.69 Å². The molecule has 0 atom stereocenters. The average molecular weight is 404 g/mol. The summed E-state index contributed by atoms with van der Waals surface area (Å²) in [5.41, 5.74) is 7.20. The number of nitrogens with one attached hydrogen (secondary N) is 1. The number of nitrogens with zero attached hydrogens (tertiary/aromatic N) is 5. The number of aromatic nitrogens is 6. The van der Waals surface area contributed by atoms with Gasteiger partial charge in [-0.2, -0.15) is 9.50 Å². The summed E-state index contributed by atoms with van der Waals surface area (Å²) in [4.78, 5) is 21.1. The van der Waals surface area contributed by atoms with Crippen LogP contribution in [0.25, 0.3) is 5.78 Å². The van der Waals surface area contributed by atoms with Crippen LogP contribution in [0.3, 0.4) is 0 Å². The third-order valence-corrected chi connectivity index (χ3v) is 6.20. The molecule has 0 unspecified atom stereocenters. The Morgan fingerprint density at radius 3 is 2.73 bits per heavy atom. The minimum absolute atomic E-state index is 0.193. The van der Waals surface area contributed by atoms with Crippen LogP contribution in [-0.4, -0.2) is 29.8 Å². The Morgan fingerprint density at radius 1 is 1.12 bits per heavy atom. The molecule has 0 aliphatic carbocycles. The molecule has 0 saturated carbocycles. The van der Waals surface area contributed by atoms with Gasteiger partial charge < -0.3 is 5.73 Å². The first-order chi connectivity index (χ1) is 12.7. The number of benzene rings is 1. The molecule has 26 heavy (non-hydrogen) atoms. The Morgan fingerprint density at radius 2 is 1.96 bits per heavy atom. The van der Waals surface area contributed by atoms with Crippen molar-refractivity contribution in [3.8, 4) is 0 Å². The molecule has 8 nitrogen and oxygen atoms in total. The van der Waals surface area contributed by atoms with Crippen LogP contribution in [0.1, 0.15) is 11.3 Å². The van der Waals surface area contributed by atoms with Gasteiger partial charge in [0.1, 0.15) is 0 Å². The molecule has 3 N–H and O–H groups in total. The maximum absolute atomic E-state index is 12.3. The first-order valence-corrected chi connectivity index (χ1v) is 10.3. The minimum atomic E-state index is -0.193. The summed E-state index contributed by atoms with van der Waals surface area (Å²) in [6.07, 6.45) is 0. The second kappa shape index (κ2) is 7.48. The number of rotatable bonds is 6. The van der Waals surface area contributed by atoms with Crippen molar-refractivity contribution in [3.63, 3.8) is 0 Å². The fraction of sp³-hybridized carbons (Fsp3) is 0.133. The molecule has 0 saturated heterocycles. The van der Waals surface area contributed by atoms with E-state index in [1.165, 1.54) is 51.0 Å². The number of nitrogen functional groups attached to an aromatic ring is 1. The van der Waals surface area contributed by atoms with Crippen LogP contribution in [0.5, 0.6) is 0 Å². The van der Waals surface area contributed by atoms with E-state index in [4.69, 9.17) is 5.73 Å². The summed E-state index contributed by atoms with van der Waals surface area (Å²) in [7, 11) is 0. The summed E-state index contributed by atoms with van der Waals surface area (Å²) in [5.74, 6) is 1.62. The van der Waals surface area contributed by atoms with Gasteiger partial charge in [0, 0.05) is 17.6 Å². The number of hydrogen-bond acceptors (Lipinski definition) is 9. The summed E-state index contributed by atoms with van der Waals surface area (Å²) in [6.45, 7) is 0. The van der Waals surface area contributed by atoms with Crippen molar-refractivity contribution in [1.82, 2.24) is 29.8 Å². The van der Waals surface area contributed by atoms with Crippen molar-refractivity contribution >= 4 is 45.8 Å². The first-order valence-electron chi connectivity index (χ1n) is 7.54. The lowest BCUT2D eigenvalue weighted by Crippen LogP contribution is -2.15. The molecular formula is C15H13N7OS3. The number of aromatic amines is 1. The number of fused-ring (bicyclic) bond motifs is 1. The van der Waals surface area contributed by atoms with Gasteiger partial charge in [-0.15, -0.1) is 10.2 Å². The van der Waals surface area contributed by atoms with Crippen molar-refractivity contribution in [2.75, 3.05) is 5.73 Å². The maximum Gasteiger partial charge on any atom is 0.274 e. The van der Waals surface area contributed by atoms with Crippen LogP contribution in [0.15, 0.2) is 50.7 Å². The van der Waals surface area contributed by atoms with Gasteiger partial charge in [-0.05, 0) is 5.56 Å². The monoisotopic (exact) mass is 403 g/mol. The summed E-state index contributed by atoms with van der Waals surface area (Å²) in [5, 5.41) is 11.8. The zero-order valence-electron chi connectivity index (χ0n) is 13.3. The predicted molar refractivity (Wildman–Crippen MR) is 103 cm³/mol. The average Bonchev–Trinajstić information content (AvgIpc) is 3.25. The Hall–Kier alpha value is -2.37. The number of hydrogen-bond donors (Lipinski definition) is 2. The molecule has 0 spiro atoms. The van der Waals surface area contributed by atoms with Gasteiger partial charge >= 0.3 is 0 Å². The molecule has 0 aliphatic rings. The van der Waals surface area contributed by atoms with E-state index in [0.29, 0.717) is 27.5 Å². The molecule has 4 aromatic rings. The third kappa shape index (κ3) is 3.89. The Labute approximate surface area is 160 Å². The van der Waals surface area contributed by atoms with Crippen LogP contribution in [-0.2, 0) is 11.5 Å². The molecular weight excluding hydrogens is 390 g/mol. The quantitative estimate of drug-likeness (QED) is 0.472. The molecule has 11 heteroatoms. The summed E-state index contributed by atoms with van der Waals surface area (Å²) >= 11 is 4.27. The van der Waals surface area contributed by atoms with Gasteiger partial charge in [0.25, 0.3) is 11.3 Å². The number of H-pyrrole nitrogens is 1. The lowest BCUT2D eigenvalue weighted by Gasteiger charge is -1.97. The van der Waals surface area contributed by atoms with Crippen molar-refractivity contribution in [2.45, 2.75) is 21.0 Å². The van der Waals surface area contributed by atoms with Crippen molar-refractivity contribution in [1.29, 1.82) is 0 Å². The Bertz CT molecular complexity index is 1090. The highest BCUT2D eigenvalue weighted by molar-refractivity contribution is 8.00. The molecule has 0 bridgehead atoms. The molecule has 3 heterocycles. The highest BCUT2D eigenvalue weighted by Crippen LogP contribution is 2.26. The largest absolute Gasteiger partial charge is 0.374 e. The first kappa shape index (κ1) is 17.1. The van der Waals surface area contributed by atoms with Gasteiger partial charge in [0.15, 0.2) is 9.50 Å². The zero-order chi connectivity index (χ0) is 17.9. The Balaban J connectivity index is 1.50. The lowest BCUT2D eigenvalue weighted by molar-refractivity contribution is 0.844. The molecule has 4 rings (SSSR count). The van der Waals surface area contributed by atoms with Crippen LogP contribution >= 0.6 is 34.9 Å². The highest BCUT2D eigenvalue weighted by Gasteiger charge is 2.10. The van der Waals surface area contributed by atoms with Crippen LogP contribution < -0.4 is 11.3 Å². The van der Waals surface area contributed by atoms with E-state index in [1.54, 1.807) is 0 Å². The van der Waals surface area contributed by atoms with Crippen LogP contribution in [0.4, 0.5) is 5.13 Å². The van der Waals surface area contributed by atoms with Crippen molar-refractivity contribution in [2.24, 2.45) is 0 Å². The van der Waals surface area contributed by atoms with E-state index in [2.05, 4.69) is 37.4 Å². The highest BCUT2D eigenvalue weighted by atomic mass is 32.2. The third-order valence-electron chi connectivity index (χ3n) is 3.35. The van der Waals surface area contributed by atoms with E-state index < -0.39 is 0 Å². The molecule has 3 aromatic heterocycles. The number of thioether (sulfide) groups is 2. The molecule has 0 aliphatic heterocycles. The predicted octanol–water partition coefficient (Wildman–Crippen LogP) is 2.44. The molecule has 1 aromatic carbocycles. The normalized spacial score (nSPS) is 11.2. The Kier molecular flexibility index (Phi) is 4.91.